The SMILES string of the molecule is CCN(C(=O)CCc1ccc(OC)c(OC)c1OC)c1ccc(Br)cn1. The van der Waals surface area contributed by atoms with E-state index in [0.29, 0.717) is 42.5 Å². The fourth-order valence-electron chi connectivity index (χ4n) is 2.73. The Hall–Kier alpha value is -2.28. The standard InChI is InChI=1S/C19H23BrN2O4/c1-5-22(16-10-8-14(20)12-21-16)17(23)11-7-13-6-9-15(24-2)19(26-4)18(13)25-3/h6,8-10,12H,5,7,11H2,1-4H3. The zero-order valence-electron chi connectivity index (χ0n) is 15.4. The van der Waals surface area contributed by atoms with Gasteiger partial charge in [0.25, 0.3) is 0 Å². The molecule has 0 saturated carbocycles. The maximum Gasteiger partial charge on any atom is 0.228 e. The summed E-state index contributed by atoms with van der Waals surface area (Å²) < 4.78 is 17.0. The molecule has 0 atom stereocenters. The van der Waals surface area contributed by atoms with Gasteiger partial charge in [-0.05, 0) is 53.0 Å². The van der Waals surface area contributed by atoms with Crippen molar-refractivity contribution in [3.63, 3.8) is 0 Å². The third-order valence-electron chi connectivity index (χ3n) is 4.00. The molecular weight excluding hydrogens is 400 g/mol. The van der Waals surface area contributed by atoms with E-state index in [2.05, 4.69) is 20.9 Å². The number of benzene rings is 1. The van der Waals surface area contributed by atoms with Gasteiger partial charge in [-0.15, -0.1) is 0 Å². The second kappa shape index (κ2) is 9.43. The molecule has 0 N–H and O–H groups in total. The summed E-state index contributed by atoms with van der Waals surface area (Å²) in [6, 6.07) is 7.40. The highest BCUT2D eigenvalue weighted by atomic mass is 79.9. The summed E-state index contributed by atoms with van der Waals surface area (Å²) in [4.78, 5) is 18.7. The molecule has 7 heteroatoms. The van der Waals surface area contributed by atoms with E-state index in [9.17, 15) is 4.79 Å². The summed E-state index contributed by atoms with van der Waals surface area (Å²) in [6.07, 6.45) is 2.54. The number of ether oxygens (including phenoxy) is 3. The third-order valence-corrected chi connectivity index (χ3v) is 4.47. The minimum absolute atomic E-state index is 0.000777. The van der Waals surface area contributed by atoms with Crippen molar-refractivity contribution < 1.29 is 19.0 Å². The van der Waals surface area contributed by atoms with Gasteiger partial charge in [0.05, 0.1) is 21.3 Å². The molecule has 26 heavy (non-hydrogen) atoms. The van der Waals surface area contributed by atoms with Crippen LogP contribution >= 0.6 is 15.9 Å². The van der Waals surface area contributed by atoms with E-state index in [-0.39, 0.29) is 5.91 Å². The number of aromatic nitrogens is 1. The summed E-state index contributed by atoms with van der Waals surface area (Å²) in [5.41, 5.74) is 0.887. The fourth-order valence-corrected chi connectivity index (χ4v) is 2.96. The van der Waals surface area contributed by atoms with Gasteiger partial charge >= 0.3 is 0 Å². The van der Waals surface area contributed by atoms with E-state index in [0.717, 1.165) is 10.0 Å². The minimum atomic E-state index is -0.000777. The van der Waals surface area contributed by atoms with Crippen LogP contribution in [0, 0.1) is 0 Å². The van der Waals surface area contributed by atoms with E-state index in [1.807, 2.05) is 31.2 Å². The van der Waals surface area contributed by atoms with Crippen molar-refractivity contribution in [3.05, 3.63) is 40.5 Å². The first-order chi connectivity index (χ1) is 12.5. The molecule has 0 aliphatic carbocycles. The lowest BCUT2D eigenvalue weighted by molar-refractivity contribution is -0.118. The molecule has 0 bridgehead atoms. The van der Waals surface area contributed by atoms with Crippen LogP contribution in [0.15, 0.2) is 34.9 Å². The van der Waals surface area contributed by atoms with Crippen LogP contribution in [0.25, 0.3) is 0 Å². The van der Waals surface area contributed by atoms with Gasteiger partial charge in [-0.3, -0.25) is 9.69 Å². The highest BCUT2D eigenvalue weighted by Crippen LogP contribution is 2.40. The quantitative estimate of drug-likeness (QED) is 0.646. The average Bonchev–Trinajstić information content (AvgIpc) is 2.67. The molecule has 0 unspecified atom stereocenters. The van der Waals surface area contributed by atoms with E-state index in [1.54, 1.807) is 32.4 Å². The van der Waals surface area contributed by atoms with Gasteiger partial charge in [0, 0.05) is 23.6 Å². The Kier molecular flexibility index (Phi) is 7.26. The molecule has 0 saturated heterocycles. The number of carbonyl (C=O) groups excluding carboxylic acids is 1. The van der Waals surface area contributed by atoms with E-state index in [1.165, 1.54) is 0 Å². The normalized spacial score (nSPS) is 10.3. The minimum Gasteiger partial charge on any atom is -0.493 e. The molecule has 1 aromatic heterocycles. The fraction of sp³-hybridized carbons (Fsp3) is 0.368. The van der Waals surface area contributed by atoms with E-state index >= 15 is 0 Å². The Morgan fingerprint density at radius 1 is 1.08 bits per heavy atom. The highest BCUT2D eigenvalue weighted by molar-refractivity contribution is 9.10. The second-order valence-electron chi connectivity index (χ2n) is 5.47. The number of rotatable bonds is 8. The first-order valence-electron chi connectivity index (χ1n) is 8.25. The van der Waals surface area contributed by atoms with Gasteiger partial charge in [-0.25, -0.2) is 4.98 Å². The van der Waals surface area contributed by atoms with Crippen LogP contribution in [0.4, 0.5) is 5.82 Å². The molecule has 0 spiro atoms. The van der Waals surface area contributed by atoms with Gasteiger partial charge in [-0.2, -0.15) is 0 Å². The van der Waals surface area contributed by atoms with Gasteiger partial charge in [0.1, 0.15) is 5.82 Å². The van der Waals surface area contributed by atoms with Crippen molar-refractivity contribution in [2.45, 2.75) is 19.8 Å². The molecule has 2 rings (SSSR count). The lowest BCUT2D eigenvalue weighted by Gasteiger charge is -2.20. The number of hydrogen-bond acceptors (Lipinski definition) is 5. The molecule has 0 fully saturated rings. The predicted octanol–water partition coefficient (Wildman–Crippen LogP) is 3.86. The van der Waals surface area contributed by atoms with Crippen LogP contribution in [0.2, 0.25) is 0 Å². The molecule has 1 amide bonds. The second-order valence-corrected chi connectivity index (χ2v) is 6.38. The van der Waals surface area contributed by atoms with Gasteiger partial charge < -0.3 is 14.2 Å². The number of amides is 1. The topological polar surface area (TPSA) is 60.9 Å². The molecule has 1 heterocycles. The first kappa shape index (κ1) is 20.0. The number of aryl methyl sites for hydroxylation is 1. The molecule has 2 aromatic rings. The van der Waals surface area contributed by atoms with Crippen LogP contribution in [0.3, 0.4) is 0 Å². The Bertz CT molecular complexity index is 750. The van der Waals surface area contributed by atoms with Crippen LogP contribution in [0.5, 0.6) is 17.2 Å². The molecule has 1 aromatic carbocycles. The lowest BCUT2D eigenvalue weighted by Crippen LogP contribution is -2.31. The van der Waals surface area contributed by atoms with Crippen LogP contribution in [-0.2, 0) is 11.2 Å². The number of pyridine rings is 1. The number of hydrogen-bond donors (Lipinski definition) is 0. The Labute approximate surface area is 162 Å². The monoisotopic (exact) mass is 422 g/mol. The number of anilines is 1. The average molecular weight is 423 g/mol. The van der Waals surface area contributed by atoms with Crippen molar-refractivity contribution in [2.75, 3.05) is 32.8 Å². The molecule has 0 aliphatic rings. The van der Waals surface area contributed by atoms with Crippen LogP contribution < -0.4 is 19.1 Å². The zero-order chi connectivity index (χ0) is 19.1. The summed E-state index contributed by atoms with van der Waals surface area (Å²) in [5.74, 6) is 2.35. The van der Waals surface area contributed by atoms with Crippen LogP contribution in [0.1, 0.15) is 18.9 Å². The third kappa shape index (κ3) is 4.46. The Morgan fingerprint density at radius 3 is 2.35 bits per heavy atom. The van der Waals surface area contributed by atoms with Crippen molar-refractivity contribution in [1.29, 1.82) is 0 Å². The largest absolute Gasteiger partial charge is 0.493 e. The Balaban J connectivity index is 2.16. The number of nitrogens with zero attached hydrogens (tertiary/aromatic N) is 2. The van der Waals surface area contributed by atoms with Crippen LogP contribution in [-0.4, -0.2) is 38.8 Å². The first-order valence-corrected chi connectivity index (χ1v) is 9.04. The van der Waals surface area contributed by atoms with Crippen molar-refractivity contribution in [3.8, 4) is 17.2 Å². The van der Waals surface area contributed by atoms with E-state index < -0.39 is 0 Å². The molecule has 6 nitrogen and oxygen atoms in total. The summed E-state index contributed by atoms with van der Waals surface area (Å²) in [7, 11) is 4.71. The van der Waals surface area contributed by atoms with Crippen molar-refractivity contribution in [1.82, 2.24) is 4.98 Å². The predicted molar refractivity (Wildman–Crippen MR) is 104 cm³/mol. The molecule has 140 valence electrons. The van der Waals surface area contributed by atoms with Gasteiger partial charge in [0.15, 0.2) is 11.5 Å². The smallest absolute Gasteiger partial charge is 0.228 e. The molecule has 0 aliphatic heterocycles. The summed E-state index contributed by atoms with van der Waals surface area (Å²) in [5, 5.41) is 0. The van der Waals surface area contributed by atoms with Crippen molar-refractivity contribution >= 4 is 27.7 Å². The number of methoxy groups -OCH3 is 3. The lowest BCUT2D eigenvalue weighted by atomic mass is 10.1. The molecular formula is C19H23BrN2O4. The van der Waals surface area contributed by atoms with Crippen molar-refractivity contribution in [2.24, 2.45) is 0 Å². The summed E-state index contributed by atoms with van der Waals surface area (Å²) in [6.45, 7) is 2.48. The maximum atomic E-state index is 12.7. The zero-order valence-corrected chi connectivity index (χ0v) is 17.0. The van der Waals surface area contributed by atoms with Gasteiger partial charge in [0.2, 0.25) is 11.7 Å². The Morgan fingerprint density at radius 2 is 1.81 bits per heavy atom. The van der Waals surface area contributed by atoms with Gasteiger partial charge in [-0.1, -0.05) is 6.07 Å². The summed E-state index contributed by atoms with van der Waals surface area (Å²) >= 11 is 3.35. The maximum absolute atomic E-state index is 12.7. The number of halogens is 1. The number of carbonyl (C=O) groups is 1. The van der Waals surface area contributed by atoms with E-state index in [4.69, 9.17) is 14.2 Å². The highest BCUT2D eigenvalue weighted by Gasteiger charge is 2.19. The molecule has 0 radical (unpaired) electrons.